The molecular weight excluding hydrogens is 629 g/mol. The molecule has 47 heavy (non-hydrogen) atoms. The van der Waals surface area contributed by atoms with Gasteiger partial charge >= 0.3 is 18.2 Å². The predicted molar refractivity (Wildman–Crippen MR) is 164 cm³/mol. The highest BCUT2D eigenvalue weighted by Crippen LogP contribution is 2.39. The van der Waals surface area contributed by atoms with Gasteiger partial charge in [-0.3, -0.25) is 15.1 Å². The van der Waals surface area contributed by atoms with Gasteiger partial charge in [0, 0.05) is 24.8 Å². The highest BCUT2D eigenvalue weighted by atomic mass is 19.4. The number of halogens is 5. The molecule has 0 spiro atoms. The Hall–Kier alpha value is -5.67. The molecule has 3 aromatic carbocycles. The smallest absolute Gasteiger partial charge is 0.416 e. The monoisotopic (exact) mass is 657 g/mol. The molecule has 3 aromatic rings. The lowest BCUT2D eigenvalue weighted by molar-refractivity contribution is -0.138. The molecule has 11 nitrogen and oxygen atoms in total. The number of imide groups is 1. The van der Waals surface area contributed by atoms with Crippen LogP contribution in [0.1, 0.15) is 18.1 Å². The molecule has 0 aliphatic carbocycles. The number of methoxy groups -OCH3 is 1. The number of anilines is 4. The number of amides is 5. The fourth-order valence-corrected chi connectivity index (χ4v) is 5.29. The number of alkyl halides is 3. The number of fused-ring (bicyclic) bond motifs is 1. The van der Waals surface area contributed by atoms with Crippen molar-refractivity contribution in [1.82, 2.24) is 10.2 Å². The fraction of sp³-hybridized carbons (Fsp3) is 0.226. The molecule has 5 amide bonds. The molecular formula is C31H28F5N7O4. The zero-order valence-electron chi connectivity index (χ0n) is 25.2. The summed E-state index contributed by atoms with van der Waals surface area (Å²) in [5.41, 5.74) is -1.91. The van der Waals surface area contributed by atoms with Gasteiger partial charge in [0.2, 0.25) is 0 Å². The van der Waals surface area contributed by atoms with Crippen molar-refractivity contribution in [2.75, 3.05) is 47.7 Å². The van der Waals surface area contributed by atoms with Gasteiger partial charge in [0.25, 0.3) is 5.91 Å². The van der Waals surface area contributed by atoms with Crippen LogP contribution in [0.3, 0.4) is 0 Å². The maximum Gasteiger partial charge on any atom is 0.416 e. The average molecular weight is 658 g/mol. The number of hydrogen-bond acceptors (Lipinski definition) is 7. The Morgan fingerprint density at radius 2 is 1.79 bits per heavy atom. The lowest BCUT2D eigenvalue weighted by Crippen LogP contribution is -2.57. The number of hydrogen-bond donors (Lipinski definition) is 4. The number of benzene rings is 3. The minimum atomic E-state index is -5.02. The van der Waals surface area contributed by atoms with Crippen molar-refractivity contribution < 1.29 is 41.1 Å². The molecule has 16 heteroatoms. The van der Waals surface area contributed by atoms with E-state index < -0.39 is 70.5 Å². The molecule has 0 saturated carbocycles. The summed E-state index contributed by atoms with van der Waals surface area (Å²) < 4.78 is 77.2. The van der Waals surface area contributed by atoms with E-state index in [4.69, 9.17) is 10.1 Å². The molecule has 1 saturated heterocycles. The quantitative estimate of drug-likeness (QED) is 0.193. The summed E-state index contributed by atoms with van der Waals surface area (Å²) in [6.07, 6.45) is -5.02. The molecule has 0 aromatic heterocycles. The van der Waals surface area contributed by atoms with E-state index in [0.29, 0.717) is 39.5 Å². The van der Waals surface area contributed by atoms with Crippen molar-refractivity contribution in [3.05, 3.63) is 88.6 Å². The van der Waals surface area contributed by atoms with Gasteiger partial charge in [-0.1, -0.05) is 12.1 Å². The third-order valence-electron chi connectivity index (χ3n) is 7.48. The first kappa shape index (κ1) is 32.7. The minimum Gasteiger partial charge on any atom is -0.494 e. The molecule has 246 valence electrons. The Labute approximate surface area is 265 Å². The number of amidine groups is 1. The Bertz CT molecular complexity index is 1830. The Kier molecular flexibility index (Phi) is 8.78. The first-order chi connectivity index (χ1) is 22.3. The largest absolute Gasteiger partial charge is 0.494 e. The van der Waals surface area contributed by atoms with Crippen molar-refractivity contribution in [2.24, 2.45) is 0 Å². The summed E-state index contributed by atoms with van der Waals surface area (Å²) >= 11 is 0. The van der Waals surface area contributed by atoms with Crippen LogP contribution >= 0.6 is 0 Å². The summed E-state index contributed by atoms with van der Waals surface area (Å²) in [6.45, 7) is 0.963. The van der Waals surface area contributed by atoms with Crippen molar-refractivity contribution in [2.45, 2.75) is 19.6 Å². The van der Waals surface area contributed by atoms with Crippen molar-refractivity contribution in [3.8, 4) is 5.75 Å². The average Bonchev–Trinajstić information content (AvgIpc) is 3.00. The minimum absolute atomic E-state index is 0.0508. The molecule has 2 heterocycles. The van der Waals surface area contributed by atoms with Crippen LogP contribution in [0.4, 0.5) is 54.3 Å². The Balaban J connectivity index is 1.63. The third kappa shape index (κ3) is 6.13. The number of carbonyl (C=O) groups excluding carboxylic acids is 3. The molecule has 2 aliphatic heterocycles. The molecule has 4 N–H and O–H groups in total. The molecule has 0 radical (unpaired) electrons. The van der Waals surface area contributed by atoms with Crippen LogP contribution < -0.4 is 30.5 Å². The zero-order chi connectivity index (χ0) is 34.2. The van der Waals surface area contributed by atoms with E-state index in [-0.39, 0.29) is 18.0 Å². The summed E-state index contributed by atoms with van der Waals surface area (Å²) in [6, 6.07) is 8.88. The molecule has 5 rings (SSSR count). The van der Waals surface area contributed by atoms with Crippen molar-refractivity contribution in [1.29, 1.82) is 5.41 Å². The maximum absolute atomic E-state index is 15.5. The SMILES string of the molecule is CCNC(=O)Nc1ccc2c(c1)N(C)C/C(=C1/C(=N)N(Cc3c(F)cccc3C(F)(F)F)C(=O)N(c3cccc(OC)c3F)C1=O)N2. The van der Waals surface area contributed by atoms with Crippen LogP contribution in [-0.2, 0) is 17.5 Å². The molecule has 1 fully saturated rings. The number of likely N-dealkylation sites (N-methyl/N-ethyl adjacent to an activating group) is 1. The summed E-state index contributed by atoms with van der Waals surface area (Å²) in [5.74, 6) is -4.74. The van der Waals surface area contributed by atoms with Gasteiger partial charge in [-0.2, -0.15) is 13.2 Å². The molecule has 2 aliphatic rings. The highest BCUT2D eigenvalue weighted by Gasteiger charge is 2.45. The van der Waals surface area contributed by atoms with Gasteiger partial charge in [0.1, 0.15) is 17.2 Å². The highest BCUT2D eigenvalue weighted by molar-refractivity contribution is 6.38. The second kappa shape index (κ2) is 12.6. The van der Waals surface area contributed by atoms with Gasteiger partial charge in [-0.25, -0.2) is 23.3 Å². The standard InChI is InChI=1S/C31H28F5N7O4/c1-4-38-29(45)39-16-11-12-20-23(13-16)41(2)15-21(40-20)25-27(37)42(14-17-18(31(34,35)36)7-5-8-19(17)32)30(46)43(28(25)44)22-9-6-10-24(47-3)26(22)33/h5-13,37,40H,4,14-15H2,1-3H3,(H2,38,39,45)/b25-21+,37-27?. The number of nitrogens with zero attached hydrogens (tertiary/aromatic N) is 3. The lowest BCUT2D eigenvalue weighted by Gasteiger charge is -2.39. The number of nitrogens with one attached hydrogen (secondary N) is 4. The molecule has 0 atom stereocenters. The predicted octanol–water partition coefficient (Wildman–Crippen LogP) is 5.90. The van der Waals surface area contributed by atoms with E-state index in [1.807, 2.05) is 0 Å². The maximum atomic E-state index is 15.5. The van der Waals surface area contributed by atoms with E-state index in [9.17, 15) is 31.9 Å². The van der Waals surface area contributed by atoms with Gasteiger partial charge in [0.15, 0.2) is 11.6 Å². The summed E-state index contributed by atoms with van der Waals surface area (Å²) in [7, 11) is 2.80. The van der Waals surface area contributed by atoms with Crippen LogP contribution in [0.2, 0.25) is 0 Å². The van der Waals surface area contributed by atoms with Gasteiger partial charge in [-0.15, -0.1) is 0 Å². The van der Waals surface area contributed by atoms with Crippen LogP contribution in [0.15, 0.2) is 65.9 Å². The van der Waals surface area contributed by atoms with Crippen LogP contribution in [0, 0.1) is 17.0 Å². The number of rotatable bonds is 6. The second-order valence-electron chi connectivity index (χ2n) is 10.5. The van der Waals surface area contributed by atoms with Crippen LogP contribution in [0.25, 0.3) is 0 Å². The fourth-order valence-electron chi connectivity index (χ4n) is 5.29. The third-order valence-corrected chi connectivity index (χ3v) is 7.48. The van der Waals surface area contributed by atoms with Gasteiger partial charge in [-0.05, 0) is 49.4 Å². The first-order valence-electron chi connectivity index (χ1n) is 14.1. The normalized spacial score (nSPS) is 16.6. The lowest BCUT2D eigenvalue weighted by atomic mass is 10.0. The summed E-state index contributed by atoms with van der Waals surface area (Å²) in [4.78, 5) is 42.4. The molecule has 0 bridgehead atoms. The molecule has 0 unspecified atom stereocenters. The van der Waals surface area contributed by atoms with Crippen molar-refractivity contribution in [3.63, 3.8) is 0 Å². The topological polar surface area (TPSA) is 130 Å². The zero-order valence-corrected chi connectivity index (χ0v) is 25.2. The van der Waals surface area contributed by atoms with Crippen LogP contribution in [0.5, 0.6) is 5.75 Å². The number of ether oxygens (including phenoxy) is 1. The van der Waals surface area contributed by atoms with E-state index in [2.05, 4.69) is 16.0 Å². The van der Waals surface area contributed by atoms with Crippen molar-refractivity contribution >= 4 is 46.6 Å². The van der Waals surface area contributed by atoms with E-state index in [0.717, 1.165) is 25.3 Å². The van der Waals surface area contributed by atoms with E-state index >= 15 is 4.39 Å². The van der Waals surface area contributed by atoms with Gasteiger partial charge in [0.05, 0.1) is 48.5 Å². The van der Waals surface area contributed by atoms with E-state index in [1.54, 1.807) is 37.1 Å². The van der Waals surface area contributed by atoms with Gasteiger partial charge < -0.3 is 25.6 Å². The van der Waals surface area contributed by atoms with Crippen LogP contribution in [-0.4, -0.2) is 56.0 Å². The Morgan fingerprint density at radius 3 is 2.47 bits per heavy atom. The Morgan fingerprint density at radius 1 is 1.06 bits per heavy atom. The van der Waals surface area contributed by atoms with E-state index in [1.165, 1.54) is 12.1 Å². The number of carbonyl (C=O) groups is 3. The second-order valence-corrected chi connectivity index (χ2v) is 10.5. The summed E-state index contributed by atoms with van der Waals surface area (Å²) in [5, 5.41) is 17.2. The number of urea groups is 2. The first-order valence-corrected chi connectivity index (χ1v) is 14.1.